The van der Waals surface area contributed by atoms with Crippen LogP contribution in [0.1, 0.15) is 21.5 Å². The number of ether oxygens (including phenoxy) is 1. The van der Waals surface area contributed by atoms with Crippen LogP contribution in [0.25, 0.3) is 0 Å². The van der Waals surface area contributed by atoms with Crippen LogP contribution >= 0.6 is 0 Å². The summed E-state index contributed by atoms with van der Waals surface area (Å²) in [7, 11) is 1.55. The van der Waals surface area contributed by atoms with E-state index in [0.717, 1.165) is 26.2 Å². The number of rotatable bonds is 6. The third kappa shape index (κ3) is 4.51. The van der Waals surface area contributed by atoms with Crippen molar-refractivity contribution < 1.29 is 9.53 Å². The lowest BCUT2D eigenvalue weighted by molar-refractivity contribution is 0.0935. The molecule has 0 aliphatic carbocycles. The predicted octanol–water partition coefficient (Wildman–Crippen LogP) is 1.09. The molecule has 3 rings (SSSR count). The molecule has 0 radical (unpaired) electrons. The second-order valence-corrected chi connectivity index (χ2v) is 6.94. The van der Waals surface area contributed by atoms with Gasteiger partial charge in [-0.3, -0.25) is 14.6 Å². The maximum atomic E-state index is 12.3. The minimum Gasteiger partial charge on any atom is -0.383 e. The molecular weight excluding hydrogens is 358 g/mol. The molecule has 2 N–H and O–H groups in total. The van der Waals surface area contributed by atoms with Gasteiger partial charge in [-0.15, -0.1) is 0 Å². The number of H-pyrrole nitrogens is 1. The summed E-state index contributed by atoms with van der Waals surface area (Å²) in [6, 6.07) is 6.50. The minimum atomic E-state index is -0.447. The van der Waals surface area contributed by atoms with Crippen molar-refractivity contribution >= 4 is 17.5 Å². The fourth-order valence-electron chi connectivity index (χ4n) is 3.17. The SMILES string of the molecule is COCCNC(=O)c1cnc(N2CCN(c3ccc(C)c(C)c3)CC2)[nH]c1=O. The summed E-state index contributed by atoms with van der Waals surface area (Å²) in [5.41, 5.74) is 3.36. The van der Waals surface area contributed by atoms with Gasteiger partial charge in [-0.05, 0) is 37.1 Å². The third-order valence-corrected chi connectivity index (χ3v) is 5.06. The molecular formula is C20H27N5O3. The van der Waals surface area contributed by atoms with E-state index in [9.17, 15) is 9.59 Å². The summed E-state index contributed by atoms with van der Waals surface area (Å²) in [5, 5.41) is 2.63. The first-order valence-corrected chi connectivity index (χ1v) is 9.43. The molecule has 8 heteroatoms. The van der Waals surface area contributed by atoms with E-state index in [1.165, 1.54) is 23.0 Å². The molecule has 150 valence electrons. The number of amides is 1. The molecule has 1 fully saturated rings. The zero-order valence-electron chi connectivity index (χ0n) is 16.6. The largest absolute Gasteiger partial charge is 0.383 e. The van der Waals surface area contributed by atoms with E-state index in [1.54, 1.807) is 7.11 Å². The molecule has 1 aliphatic heterocycles. The summed E-state index contributed by atoms with van der Waals surface area (Å²) in [6.45, 7) is 8.13. The van der Waals surface area contributed by atoms with Crippen LogP contribution < -0.4 is 20.7 Å². The van der Waals surface area contributed by atoms with Gasteiger partial charge in [-0.2, -0.15) is 0 Å². The lowest BCUT2D eigenvalue weighted by Gasteiger charge is -2.36. The van der Waals surface area contributed by atoms with E-state index in [1.807, 2.05) is 4.90 Å². The van der Waals surface area contributed by atoms with Crippen LogP contribution in [-0.2, 0) is 4.74 Å². The summed E-state index contributed by atoms with van der Waals surface area (Å²) >= 11 is 0. The van der Waals surface area contributed by atoms with Gasteiger partial charge in [-0.1, -0.05) is 6.07 Å². The number of aromatic nitrogens is 2. The Morgan fingerprint density at radius 2 is 1.89 bits per heavy atom. The number of aryl methyl sites for hydroxylation is 2. The Kier molecular flexibility index (Phi) is 6.30. The van der Waals surface area contributed by atoms with Gasteiger partial charge in [0.1, 0.15) is 5.56 Å². The number of aromatic amines is 1. The number of hydrogen-bond acceptors (Lipinski definition) is 6. The number of hydrogen-bond donors (Lipinski definition) is 2. The van der Waals surface area contributed by atoms with E-state index in [4.69, 9.17) is 4.74 Å². The first kappa shape index (κ1) is 19.9. The maximum Gasteiger partial charge on any atom is 0.265 e. The van der Waals surface area contributed by atoms with Crippen molar-refractivity contribution in [2.75, 3.05) is 56.2 Å². The van der Waals surface area contributed by atoms with Crippen LogP contribution in [0.5, 0.6) is 0 Å². The highest BCUT2D eigenvalue weighted by Crippen LogP contribution is 2.21. The second kappa shape index (κ2) is 8.88. The van der Waals surface area contributed by atoms with Crippen molar-refractivity contribution in [1.82, 2.24) is 15.3 Å². The van der Waals surface area contributed by atoms with Crippen molar-refractivity contribution in [1.29, 1.82) is 0 Å². The first-order chi connectivity index (χ1) is 13.5. The molecule has 0 bridgehead atoms. The van der Waals surface area contributed by atoms with E-state index >= 15 is 0 Å². The molecule has 2 aromatic rings. The zero-order valence-corrected chi connectivity index (χ0v) is 16.6. The van der Waals surface area contributed by atoms with Crippen molar-refractivity contribution in [3.63, 3.8) is 0 Å². The predicted molar refractivity (Wildman–Crippen MR) is 109 cm³/mol. The van der Waals surface area contributed by atoms with Crippen LogP contribution in [-0.4, -0.2) is 62.3 Å². The molecule has 8 nitrogen and oxygen atoms in total. The number of nitrogens with one attached hydrogen (secondary N) is 2. The fraction of sp³-hybridized carbons (Fsp3) is 0.450. The molecule has 0 unspecified atom stereocenters. The number of carbonyl (C=O) groups excluding carboxylic acids is 1. The molecule has 1 aromatic carbocycles. The van der Waals surface area contributed by atoms with Gasteiger partial charge in [0, 0.05) is 51.7 Å². The van der Waals surface area contributed by atoms with Gasteiger partial charge in [0.25, 0.3) is 11.5 Å². The van der Waals surface area contributed by atoms with Crippen molar-refractivity contribution in [3.8, 4) is 0 Å². The summed E-state index contributed by atoms with van der Waals surface area (Å²) in [4.78, 5) is 35.7. The quantitative estimate of drug-likeness (QED) is 0.724. The highest BCUT2D eigenvalue weighted by Gasteiger charge is 2.20. The lowest BCUT2D eigenvalue weighted by atomic mass is 10.1. The Labute approximate surface area is 164 Å². The number of nitrogens with zero attached hydrogens (tertiary/aromatic N) is 3. The summed E-state index contributed by atoms with van der Waals surface area (Å²) in [5.74, 6) is 0.0510. The summed E-state index contributed by atoms with van der Waals surface area (Å²) in [6.07, 6.45) is 1.34. The highest BCUT2D eigenvalue weighted by molar-refractivity contribution is 5.93. The highest BCUT2D eigenvalue weighted by atomic mass is 16.5. The smallest absolute Gasteiger partial charge is 0.265 e. The molecule has 0 spiro atoms. The fourth-order valence-corrected chi connectivity index (χ4v) is 3.17. The lowest BCUT2D eigenvalue weighted by Crippen LogP contribution is -2.47. The molecule has 1 aliphatic rings. The molecule has 1 saturated heterocycles. The normalized spacial score (nSPS) is 14.2. The van der Waals surface area contributed by atoms with Crippen LogP contribution in [0.2, 0.25) is 0 Å². The second-order valence-electron chi connectivity index (χ2n) is 6.94. The number of piperazine rings is 1. The Hall–Kier alpha value is -2.87. The number of carbonyl (C=O) groups is 1. The molecule has 0 saturated carbocycles. The Balaban J connectivity index is 1.62. The number of methoxy groups -OCH3 is 1. The van der Waals surface area contributed by atoms with E-state index in [-0.39, 0.29) is 5.56 Å². The topological polar surface area (TPSA) is 90.6 Å². The molecule has 1 amide bonds. The Morgan fingerprint density at radius 3 is 2.54 bits per heavy atom. The monoisotopic (exact) mass is 385 g/mol. The van der Waals surface area contributed by atoms with E-state index in [0.29, 0.717) is 19.1 Å². The molecule has 2 heterocycles. The minimum absolute atomic E-state index is 0.00798. The summed E-state index contributed by atoms with van der Waals surface area (Å²) < 4.78 is 4.88. The van der Waals surface area contributed by atoms with Crippen LogP contribution in [0, 0.1) is 13.8 Å². The van der Waals surface area contributed by atoms with Gasteiger partial charge in [0.2, 0.25) is 5.95 Å². The van der Waals surface area contributed by atoms with Crippen LogP contribution in [0.15, 0.2) is 29.2 Å². The van der Waals surface area contributed by atoms with Gasteiger partial charge >= 0.3 is 0 Å². The van der Waals surface area contributed by atoms with E-state index in [2.05, 4.69) is 52.2 Å². The molecule has 28 heavy (non-hydrogen) atoms. The van der Waals surface area contributed by atoms with Crippen molar-refractivity contribution in [3.05, 3.63) is 51.4 Å². The van der Waals surface area contributed by atoms with E-state index < -0.39 is 11.5 Å². The maximum absolute atomic E-state index is 12.3. The Morgan fingerprint density at radius 1 is 1.18 bits per heavy atom. The van der Waals surface area contributed by atoms with Gasteiger partial charge in [0.15, 0.2) is 0 Å². The molecule has 0 atom stereocenters. The zero-order chi connectivity index (χ0) is 20.1. The third-order valence-electron chi connectivity index (χ3n) is 5.06. The van der Waals surface area contributed by atoms with Crippen LogP contribution in [0.3, 0.4) is 0 Å². The molecule has 1 aromatic heterocycles. The van der Waals surface area contributed by atoms with Gasteiger partial charge in [-0.25, -0.2) is 4.98 Å². The Bertz CT molecular complexity index is 888. The number of benzene rings is 1. The average Bonchev–Trinajstić information content (AvgIpc) is 2.70. The van der Waals surface area contributed by atoms with Crippen molar-refractivity contribution in [2.45, 2.75) is 13.8 Å². The van der Waals surface area contributed by atoms with Crippen LogP contribution in [0.4, 0.5) is 11.6 Å². The van der Waals surface area contributed by atoms with Gasteiger partial charge < -0.3 is 19.9 Å². The standard InChI is InChI=1S/C20H27N5O3/c1-14-4-5-16(12-15(14)2)24-7-9-25(10-8-24)20-22-13-17(19(27)23-20)18(26)21-6-11-28-3/h4-5,12-13H,6-11H2,1-3H3,(H,21,26)(H,22,23,27). The van der Waals surface area contributed by atoms with Crippen molar-refractivity contribution in [2.24, 2.45) is 0 Å². The average molecular weight is 385 g/mol. The number of anilines is 2. The first-order valence-electron chi connectivity index (χ1n) is 9.43. The van der Waals surface area contributed by atoms with Gasteiger partial charge in [0.05, 0.1) is 6.61 Å².